The number of aromatic nitrogens is 1. The Morgan fingerprint density at radius 1 is 1.60 bits per heavy atom. The van der Waals surface area contributed by atoms with Crippen LogP contribution in [-0.4, -0.2) is 16.5 Å². The molecule has 1 saturated carbocycles. The van der Waals surface area contributed by atoms with Crippen LogP contribution in [0.2, 0.25) is 0 Å². The SMILES string of the molecule is CC1CC(NC(=O)c2cc(N)cn2C)C1. The molecule has 15 heavy (non-hydrogen) atoms. The molecule has 0 saturated heterocycles. The Morgan fingerprint density at radius 3 is 2.73 bits per heavy atom. The molecule has 0 radical (unpaired) electrons. The number of hydrogen-bond donors (Lipinski definition) is 2. The molecule has 1 aromatic heterocycles. The second-order valence-corrected chi connectivity index (χ2v) is 4.52. The molecule has 82 valence electrons. The maximum atomic E-state index is 11.8. The van der Waals surface area contributed by atoms with Gasteiger partial charge in [0.05, 0.1) is 5.69 Å². The number of nitrogens with two attached hydrogens (primary N) is 1. The minimum Gasteiger partial charge on any atom is -0.397 e. The predicted octanol–water partition coefficient (Wildman–Crippen LogP) is 1.14. The zero-order valence-corrected chi connectivity index (χ0v) is 9.16. The Bertz CT molecular complexity index is 377. The van der Waals surface area contributed by atoms with Crippen LogP contribution in [0, 0.1) is 5.92 Å². The van der Waals surface area contributed by atoms with Gasteiger partial charge in [-0.1, -0.05) is 6.92 Å². The van der Waals surface area contributed by atoms with Gasteiger partial charge in [0, 0.05) is 19.3 Å². The molecule has 0 unspecified atom stereocenters. The van der Waals surface area contributed by atoms with E-state index in [4.69, 9.17) is 5.73 Å². The van der Waals surface area contributed by atoms with Crippen LogP contribution >= 0.6 is 0 Å². The van der Waals surface area contributed by atoms with E-state index in [-0.39, 0.29) is 5.91 Å². The van der Waals surface area contributed by atoms with Crippen molar-refractivity contribution in [3.05, 3.63) is 18.0 Å². The number of anilines is 1. The summed E-state index contributed by atoms with van der Waals surface area (Å²) in [6.45, 7) is 2.20. The van der Waals surface area contributed by atoms with Gasteiger partial charge in [0.15, 0.2) is 0 Å². The van der Waals surface area contributed by atoms with Crippen molar-refractivity contribution in [2.75, 3.05) is 5.73 Å². The first-order valence-corrected chi connectivity index (χ1v) is 5.29. The standard InChI is InChI=1S/C11H17N3O/c1-7-3-9(4-7)13-11(15)10-5-8(12)6-14(10)2/h5-7,9H,3-4,12H2,1-2H3,(H,13,15). The van der Waals surface area contributed by atoms with Gasteiger partial charge in [-0.15, -0.1) is 0 Å². The van der Waals surface area contributed by atoms with Gasteiger partial charge >= 0.3 is 0 Å². The first-order chi connectivity index (χ1) is 7.06. The maximum absolute atomic E-state index is 11.8. The van der Waals surface area contributed by atoms with Crippen molar-refractivity contribution in [3.63, 3.8) is 0 Å². The average Bonchev–Trinajstić information content (AvgIpc) is 2.42. The van der Waals surface area contributed by atoms with Crippen molar-refractivity contribution in [1.29, 1.82) is 0 Å². The fourth-order valence-electron chi connectivity index (χ4n) is 2.10. The Balaban J connectivity index is 1.99. The first-order valence-electron chi connectivity index (χ1n) is 5.29. The van der Waals surface area contributed by atoms with E-state index in [1.807, 2.05) is 7.05 Å². The molecule has 3 N–H and O–H groups in total. The van der Waals surface area contributed by atoms with Crippen LogP contribution < -0.4 is 11.1 Å². The molecule has 0 aliphatic heterocycles. The van der Waals surface area contributed by atoms with Crippen LogP contribution in [0.3, 0.4) is 0 Å². The normalized spacial score (nSPS) is 24.7. The lowest BCUT2D eigenvalue weighted by Crippen LogP contribution is -2.43. The minimum absolute atomic E-state index is 0.0221. The van der Waals surface area contributed by atoms with Crippen LogP contribution in [0.25, 0.3) is 0 Å². The number of amides is 1. The molecule has 1 aliphatic carbocycles. The average molecular weight is 207 g/mol. The zero-order chi connectivity index (χ0) is 11.0. The van der Waals surface area contributed by atoms with Crippen molar-refractivity contribution in [3.8, 4) is 0 Å². The van der Waals surface area contributed by atoms with Gasteiger partial charge in [-0.25, -0.2) is 0 Å². The van der Waals surface area contributed by atoms with E-state index in [2.05, 4.69) is 12.2 Å². The summed E-state index contributed by atoms with van der Waals surface area (Å²) in [5.41, 5.74) is 6.88. The molecule has 1 heterocycles. The molecule has 0 atom stereocenters. The van der Waals surface area contributed by atoms with Gasteiger partial charge < -0.3 is 15.6 Å². The number of hydrogen-bond acceptors (Lipinski definition) is 2. The molecule has 1 aliphatic rings. The number of rotatable bonds is 2. The number of carbonyl (C=O) groups is 1. The van der Waals surface area contributed by atoms with Crippen LogP contribution in [0.5, 0.6) is 0 Å². The van der Waals surface area contributed by atoms with Gasteiger partial charge in [0.25, 0.3) is 5.91 Å². The molecule has 0 aromatic carbocycles. The lowest BCUT2D eigenvalue weighted by atomic mass is 9.82. The van der Waals surface area contributed by atoms with Crippen molar-refractivity contribution >= 4 is 11.6 Å². The van der Waals surface area contributed by atoms with E-state index < -0.39 is 0 Å². The highest BCUT2D eigenvalue weighted by molar-refractivity contribution is 5.94. The third-order valence-corrected chi connectivity index (χ3v) is 2.97. The predicted molar refractivity (Wildman–Crippen MR) is 59.5 cm³/mol. The van der Waals surface area contributed by atoms with E-state index in [1.165, 1.54) is 0 Å². The van der Waals surface area contributed by atoms with Crippen LogP contribution in [0.15, 0.2) is 12.3 Å². The van der Waals surface area contributed by atoms with Gasteiger partial charge in [0.1, 0.15) is 5.69 Å². The fraction of sp³-hybridized carbons (Fsp3) is 0.545. The van der Waals surface area contributed by atoms with Crippen LogP contribution in [0.4, 0.5) is 5.69 Å². The van der Waals surface area contributed by atoms with Crippen LogP contribution in [0.1, 0.15) is 30.3 Å². The second kappa shape index (κ2) is 3.61. The van der Waals surface area contributed by atoms with Crippen molar-refractivity contribution in [2.24, 2.45) is 13.0 Å². The third-order valence-electron chi connectivity index (χ3n) is 2.97. The topological polar surface area (TPSA) is 60.1 Å². The summed E-state index contributed by atoms with van der Waals surface area (Å²) in [5.74, 6) is 0.722. The summed E-state index contributed by atoms with van der Waals surface area (Å²) in [4.78, 5) is 11.8. The van der Waals surface area contributed by atoms with Gasteiger partial charge in [0.2, 0.25) is 0 Å². The minimum atomic E-state index is -0.0221. The Labute approximate surface area is 89.5 Å². The summed E-state index contributed by atoms with van der Waals surface area (Å²) in [7, 11) is 1.83. The Hall–Kier alpha value is -1.45. The quantitative estimate of drug-likeness (QED) is 0.764. The Morgan fingerprint density at radius 2 is 2.27 bits per heavy atom. The molecular formula is C11H17N3O. The summed E-state index contributed by atoms with van der Waals surface area (Å²) in [6, 6.07) is 2.06. The molecule has 4 heteroatoms. The van der Waals surface area contributed by atoms with Crippen molar-refractivity contribution in [1.82, 2.24) is 9.88 Å². The summed E-state index contributed by atoms with van der Waals surface area (Å²) in [6.07, 6.45) is 3.93. The van der Waals surface area contributed by atoms with E-state index in [9.17, 15) is 4.79 Å². The van der Waals surface area contributed by atoms with Crippen molar-refractivity contribution < 1.29 is 4.79 Å². The Kier molecular flexibility index (Phi) is 2.42. The van der Waals surface area contributed by atoms with Gasteiger partial charge in [-0.3, -0.25) is 4.79 Å². The van der Waals surface area contributed by atoms with Gasteiger partial charge in [-0.2, -0.15) is 0 Å². The maximum Gasteiger partial charge on any atom is 0.268 e. The zero-order valence-electron chi connectivity index (χ0n) is 9.16. The molecule has 1 aromatic rings. The molecule has 0 spiro atoms. The lowest BCUT2D eigenvalue weighted by molar-refractivity contribution is 0.0888. The number of carbonyl (C=O) groups excluding carboxylic acids is 1. The molecular weight excluding hydrogens is 190 g/mol. The molecule has 4 nitrogen and oxygen atoms in total. The molecule has 1 fully saturated rings. The lowest BCUT2D eigenvalue weighted by Gasteiger charge is -2.33. The largest absolute Gasteiger partial charge is 0.397 e. The fourth-order valence-corrected chi connectivity index (χ4v) is 2.10. The van der Waals surface area contributed by atoms with Gasteiger partial charge in [-0.05, 0) is 24.8 Å². The second-order valence-electron chi connectivity index (χ2n) is 4.52. The van der Waals surface area contributed by atoms with E-state index in [0.29, 0.717) is 17.4 Å². The van der Waals surface area contributed by atoms with Crippen molar-refractivity contribution in [2.45, 2.75) is 25.8 Å². The number of nitrogens with one attached hydrogen (secondary N) is 1. The van der Waals surface area contributed by atoms with E-state index >= 15 is 0 Å². The summed E-state index contributed by atoms with van der Waals surface area (Å²) < 4.78 is 1.76. The summed E-state index contributed by atoms with van der Waals surface area (Å²) in [5, 5.41) is 3.00. The smallest absolute Gasteiger partial charge is 0.268 e. The highest BCUT2D eigenvalue weighted by Gasteiger charge is 2.27. The molecule has 0 bridgehead atoms. The summed E-state index contributed by atoms with van der Waals surface area (Å²) >= 11 is 0. The molecule has 2 rings (SSSR count). The number of nitrogens with zero attached hydrogens (tertiary/aromatic N) is 1. The number of nitrogen functional groups attached to an aromatic ring is 1. The third kappa shape index (κ3) is 1.98. The molecule has 1 amide bonds. The highest BCUT2D eigenvalue weighted by Crippen LogP contribution is 2.26. The van der Waals surface area contributed by atoms with Crippen LogP contribution in [-0.2, 0) is 7.05 Å². The first kappa shape index (κ1) is 10.1. The highest BCUT2D eigenvalue weighted by atomic mass is 16.2. The van der Waals surface area contributed by atoms with E-state index in [1.54, 1.807) is 16.8 Å². The monoisotopic (exact) mass is 207 g/mol. The van der Waals surface area contributed by atoms with E-state index in [0.717, 1.165) is 18.8 Å². The number of aryl methyl sites for hydroxylation is 1.